The molecule has 17 heavy (non-hydrogen) atoms. The predicted octanol–water partition coefficient (Wildman–Crippen LogP) is 1.99. The molecule has 0 spiro atoms. The molecular weight excluding hydrogens is 252 g/mol. The summed E-state index contributed by atoms with van der Waals surface area (Å²) in [5.74, 6) is -0.0172. The summed E-state index contributed by atoms with van der Waals surface area (Å²) >= 11 is 6.68. The van der Waals surface area contributed by atoms with Gasteiger partial charge in [-0.15, -0.1) is 11.3 Å². The van der Waals surface area contributed by atoms with Crippen molar-refractivity contribution in [3.63, 3.8) is 0 Å². The van der Waals surface area contributed by atoms with E-state index in [1.807, 2.05) is 0 Å². The number of thiophene rings is 1. The molecule has 2 rings (SSSR count). The van der Waals surface area contributed by atoms with Gasteiger partial charge in [-0.25, -0.2) is 0 Å². The largest absolute Gasteiger partial charge is 0.392 e. The average Bonchev–Trinajstić information content (AvgIpc) is 3.00. The zero-order valence-corrected chi connectivity index (χ0v) is 11.4. The third-order valence-electron chi connectivity index (χ3n) is 3.15. The smallest absolute Gasteiger partial charge is 0.233 e. The highest BCUT2D eigenvalue weighted by Crippen LogP contribution is 2.46. The van der Waals surface area contributed by atoms with Gasteiger partial charge < -0.3 is 11.1 Å². The van der Waals surface area contributed by atoms with Gasteiger partial charge in [-0.2, -0.15) is 0 Å². The van der Waals surface area contributed by atoms with E-state index in [-0.39, 0.29) is 5.91 Å². The molecule has 3 N–H and O–H groups in total. The van der Waals surface area contributed by atoms with E-state index in [4.69, 9.17) is 18.0 Å². The van der Waals surface area contributed by atoms with E-state index in [0.717, 1.165) is 19.3 Å². The fraction of sp³-hybridized carbons (Fsp3) is 0.500. The Morgan fingerprint density at radius 3 is 2.65 bits per heavy atom. The van der Waals surface area contributed by atoms with E-state index >= 15 is 0 Å². The fourth-order valence-electron chi connectivity index (χ4n) is 1.75. The Morgan fingerprint density at radius 1 is 1.53 bits per heavy atom. The van der Waals surface area contributed by atoms with Crippen molar-refractivity contribution >= 4 is 34.5 Å². The van der Waals surface area contributed by atoms with Crippen molar-refractivity contribution < 1.29 is 4.79 Å². The SMILES string of the molecule is CCc1ccc(CNC(=O)C2(C(N)=S)CC2)s1. The van der Waals surface area contributed by atoms with E-state index in [1.54, 1.807) is 11.3 Å². The fourth-order valence-corrected chi connectivity index (χ4v) is 2.95. The third kappa shape index (κ3) is 2.50. The highest BCUT2D eigenvalue weighted by atomic mass is 32.1. The van der Waals surface area contributed by atoms with Crippen LogP contribution in [0.25, 0.3) is 0 Å². The van der Waals surface area contributed by atoms with Crippen molar-refractivity contribution in [3.8, 4) is 0 Å². The van der Waals surface area contributed by atoms with Gasteiger partial charge in [0.05, 0.1) is 16.9 Å². The molecule has 0 radical (unpaired) electrons. The first-order chi connectivity index (χ1) is 8.08. The molecule has 0 bridgehead atoms. The van der Waals surface area contributed by atoms with Crippen molar-refractivity contribution in [1.29, 1.82) is 0 Å². The van der Waals surface area contributed by atoms with Crippen molar-refractivity contribution in [2.45, 2.75) is 32.7 Å². The van der Waals surface area contributed by atoms with Crippen molar-refractivity contribution in [1.82, 2.24) is 5.32 Å². The van der Waals surface area contributed by atoms with Crippen LogP contribution in [-0.2, 0) is 17.8 Å². The number of hydrogen-bond donors (Lipinski definition) is 2. The molecule has 1 aromatic heterocycles. The van der Waals surface area contributed by atoms with Crippen LogP contribution in [0, 0.1) is 5.41 Å². The van der Waals surface area contributed by atoms with Crippen LogP contribution in [0.2, 0.25) is 0 Å². The first kappa shape index (κ1) is 12.5. The summed E-state index contributed by atoms with van der Waals surface area (Å²) in [6.07, 6.45) is 2.62. The lowest BCUT2D eigenvalue weighted by Gasteiger charge is -2.12. The van der Waals surface area contributed by atoms with Gasteiger partial charge in [-0.05, 0) is 31.4 Å². The van der Waals surface area contributed by atoms with E-state index in [1.165, 1.54) is 9.75 Å². The number of carbonyl (C=O) groups is 1. The lowest BCUT2D eigenvalue weighted by Crippen LogP contribution is -2.39. The van der Waals surface area contributed by atoms with Gasteiger partial charge in [0, 0.05) is 9.75 Å². The van der Waals surface area contributed by atoms with Crippen molar-refractivity contribution in [3.05, 3.63) is 21.9 Å². The Labute approximate surface area is 110 Å². The van der Waals surface area contributed by atoms with Crippen LogP contribution in [0.15, 0.2) is 12.1 Å². The predicted molar refractivity (Wildman–Crippen MR) is 74.0 cm³/mol. The van der Waals surface area contributed by atoms with E-state index in [2.05, 4.69) is 24.4 Å². The van der Waals surface area contributed by atoms with Crippen LogP contribution in [0.3, 0.4) is 0 Å². The third-order valence-corrected chi connectivity index (χ3v) is 4.77. The second-order valence-corrected chi connectivity index (χ2v) is 6.04. The number of thiocarbonyl (C=S) groups is 1. The number of carbonyl (C=O) groups excluding carboxylic acids is 1. The minimum absolute atomic E-state index is 0.0172. The Bertz CT molecular complexity index is 449. The number of amides is 1. The summed E-state index contributed by atoms with van der Waals surface area (Å²) in [5, 5.41) is 2.92. The first-order valence-electron chi connectivity index (χ1n) is 5.74. The van der Waals surface area contributed by atoms with Gasteiger partial charge in [0.25, 0.3) is 0 Å². The summed E-state index contributed by atoms with van der Waals surface area (Å²) in [7, 11) is 0. The van der Waals surface area contributed by atoms with Crippen LogP contribution in [0.4, 0.5) is 0 Å². The molecular formula is C12H16N2OS2. The normalized spacial score (nSPS) is 16.5. The highest BCUT2D eigenvalue weighted by molar-refractivity contribution is 7.80. The summed E-state index contributed by atoms with van der Waals surface area (Å²) in [4.78, 5) is 14.8. The topological polar surface area (TPSA) is 55.1 Å². The second kappa shape index (κ2) is 4.74. The van der Waals surface area contributed by atoms with Gasteiger partial charge in [-0.1, -0.05) is 19.1 Å². The molecule has 1 fully saturated rings. The standard InChI is InChI=1S/C12H16N2OS2/c1-2-8-3-4-9(17-8)7-14-11(15)12(5-6-12)10(13)16/h3-4H,2,5-7H2,1H3,(H2,13,16)(H,14,15). The molecule has 1 heterocycles. The van der Waals surface area contributed by atoms with Gasteiger partial charge >= 0.3 is 0 Å². The summed E-state index contributed by atoms with van der Waals surface area (Å²) in [6.45, 7) is 2.70. The lowest BCUT2D eigenvalue weighted by atomic mass is 10.1. The maximum Gasteiger partial charge on any atom is 0.233 e. The average molecular weight is 268 g/mol. The summed E-state index contributed by atoms with van der Waals surface area (Å²) in [6, 6.07) is 4.16. The first-order valence-corrected chi connectivity index (χ1v) is 6.97. The van der Waals surface area contributed by atoms with E-state index < -0.39 is 5.41 Å². The second-order valence-electron chi connectivity index (χ2n) is 4.35. The molecule has 92 valence electrons. The number of nitrogens with one attached hydrogen (secondary N) is 1. The van der Waals surface area contributed by atoms with Gasteiger partial charge in [-0.3, -0.25) is 4.79 Å². The molecule has 3 nitrogen and oxygen atoms in total. The van der Waals surface area contributed by atoms with Crippen molar-refractivity contribution in [2.75, 3.05) is 0 Å². The van der Waals surface area contributed by atoms with Crippen molar-refractivity contribution in [2.24, 2.45) is 11.1 Å². The molecule has 1 amide bonds. The zero-order chi connectivity index (χ0) is 12.5. The molecule has 0 saturated heterocycles. The monoisotopic (exact) mass is 268 g/mol. The maximum absolute atomic E-state index is 11.9. The molecule has 0 aromatic carbocycles. The number of aryl methyl sites for hydroxylation is 1. The maximum atomic E-state index is 11.9. The van der Waals surface area contributed by atoms with Gasteiger partial charge in [0.1, 0.15) is 0 Å². The molecule has 1 aromatic rings. The van der Waals surface area contributed by atoms with Crippen LogP contribution in [-0.4, -0.2) is 10.9 Å². The van der Waals surface area contributed by atoms with Gasteiger partial charge in [0.15, 0.2) is 0 Å². The molecule has 5 heteroatoms. The molecule has 1 aliphatic carbocycles. The van der Waals surface area contributed by atoms with Gasteiger partial charge in [0.2, 0.25) is 5.91 Å². The molecule has 1 saturated carbocycles. The molecule has 0 unspecified atom stereocenters. The quantitative estimate of drug-likeness (QED) is 0.803. The van der Waals surface area contributed by atoms with Crippen LogP contribution >= 0.6 is 23.6 Å². The van der Waals surface area contributed by atoms with Crippen LogP contribution < -0.4 is 11.1 Å². The highest BCUT2D eigenvalue weighted by Gasteiger charge is 2.52. The Morgan fingerprint density at radius 2 is 2.18 bits per heavy atom. The Hall–Kier alpha value is -0.940. The number of rotatable bonds is 5. The minimum atomic E-state index is -0.541. The molecule has 1 aliphatic rings. The van der Waals surface area contributed by atoms with Crippen LogP contribution in [0.1, 0.15) is 29.5 Å². The molecule has 0 aliphatic heterocycles. The van der Waals surface area contributed by atoms with E-state index in [9.17, 15) is 4.79 Å². The minimum Gasteiger partial charge on any atom is -0.392 e. The Balaban J connectivity index is 1.90. The van der Waals surface area contributed by atoms with Crippen LogP contribution in [0.5, 0.6) is 0 Å². The Kier molecular flexibility index (Phi) is 3.49. The zero-order valence-electron chi connectivity index (χ0n) is 9.79. The lowest BCUT2D eigenvalue weighted by molar-refractivity contribution is -0.124. The summed E-state index contributed by atoms with van der Waals surface area (Å²) < 4.78 is 0. The number of nitrogens with two attached hydrogens (primary N) is 1. The summed E-state index contributed by atoms with van der Waals surface area (Å²) in [5.41, 5.74) is 5.06. The molecule has 0 atom stereocenters. The number of hydrogen-bond acceptors (Lipinski definition) is 3. The van der Waals surface area contributed by atoms with E-state index in [0.29, 0.717) is 11.5 Å².